The lowest BCUT2D eigenvalue weighted by Crippen LogP contribution is -2.58. The Morgan fingerprint density at radius 3 is 2.44 bits per heavy atom. The van der Waals surface area contributed by atoms with E-state index in [0.717, 1.165) is 51.5 Å². The third-order valence-corrected chi connectivity index (χ3v) is 4.33. The fraction of sp³-hybridized carbons (Fsp3) is 0.929. The monoisotopic (exact) mass is 253 g/mol. The molecule has 4 nitrogen and oxygen atoms in total. The molecule has 2 fully saturated rings. The number of piperidine rings is 1. The van der Waals surface area contributed by atoms with E-state index in [4.69, 9.17) is 0 Å². The highest BCUT2D eigenvalue weighted by atomic mass is 16.2. The van der Waals surface area contributed by atoms with Crippen molar-refractivity contribution in [3.05, 3.63) is 0 Å². The zero-order valence-electron chi connectivity index (χ0n) is 12.0. The van der Waals surface area contributed by atoms with Crippen molar-refractivity contribution in [2.45, 2.75) is 39.7 Å². The molecule has 0 saturated carbocycles. The summed E-state index contributed by atoms with van der Waals surface area (Å²) in [5, 5.41) is 3.50. The van der Waals surface area contributed by atoms with Gasteiger partial charge in [-0.15, -0.1) is 0 Å². The van der Waals surface area contributed by atoms with Crippen LogP contribution in [0.25, 0.3) is 0 Å². The minimum absolute atomic E-state index is 0.258. The average Bonchev–Trinajstić information content (AvgIpc) is 2.39. The maximum absolute atomic E-state index is 12.5. The number of rotatable bonds is 1. The number of nitrogens with one attached hydrogen (secondary N) is 1. The number of hydrogen-bond donors (Lipinski definition) is 1. The Balaban J connectivity index is 1.88. The number of carbonyl (C=O) groups is 1. The standard InChI is InChI=1S/C14H27N3O/c1-11(2)13-10-17(9-6-15-13)14(18)16-7-4-12(3)5-8-16/h11-13,15H,4-10H2,1-3H3. The molecule has 2 aliphatic rings. The fourth-order valence-corrected chi connectivity index (χ4v) is 2.80. The third-order valence-electron chi connectivity index (χ3n) is 4.33. The quantitative estimate of drug-likeness (QED) is 0.773. The maximum atomic E-state index is 12.5. The molecule has 4 heteroatoms. The van der Waals surface area contributed by atoms with E-state index < -0.39 is 0 Å². The van der Waals surface area contributed by atoms with E-state index in [1.54, 1.807) is 0 Å². The molecule has 2 saturated heterocycles. The number of nitrogens with zero attached hydrogens (tertiary/aromatic N) is 2. The van der Waals surface area contributed by atoms with E-state index in [1.807, 2.05) is 9.80 Å². The van der Waals surface area contributed by atoms with Crippen LogP contribution in [-0.2, 0) is 0 Å². The first kappa shape index (κ1) is 13.7. The van der Waals surface area contributed by atoms with Crippen molar-refractivity contribution in [3.8, 4) is 0 Å². The Hall–Kier alpha value is -0.770. The molecule has 0 spiro atoms. The molecule has 0 aromatic rings. The summed E-state index contributed by atoms with van der Waals surface area (Å²) in [4.78, 5) is 16.5. The van der Waals surface area contributed by atoms with Crippen molar-refractivity contribution < 1.29 is 4.79 Å². The van der Waals surface area contributed by atoms with Crippen LogP contribution in [0.1, 0.15) is 33.6 Å². The van der Waals surface area contributed by atoms with Crippen LogP contribution in [-0.4, -0.2) is 54.6 Å². The van der Waals surface area contributed by atoms with Gasteiger partial charge in [0.25, 0.3) is 0 Å². The van der Waals surface area contributed by atoms with Crippen LogP contribution in [0.2, 0.25) is 0 Å². The first-order valence-electron chi connectivity index (χ1n) is 7.35. The van der Waals surface area contributed by atoms with Crippen LogP contribution in [0.15, 0.2) is 0 Å². The molecule has 0 aliphatic carbocycles. The van der Waals surface area contributed by atoms with Crippen LogP contribution in [0, 0.1) is 11.8 Å². The maximum Gasteiger partial charge on any atom is 0.320 e. The van der Waals surface area contributed by atoms with E-state index in [0.29, 0.717) is 12.0 Å². The molecule has 0 aromatic heterocycles. The van der Waals surface area contributed by atoms with Gasteiger partial charge in [0.05, 0.1) is 0 Å². The summed E-state index contributed by atoms with van der Waals surface area (Å²) in [5.41, 5.74) is 0. The number of likely N-dealkylation sites (tertiary alicyclic amines) is 1. The Morgan fingerprint density at radius 1 is 1.17 bits per heavy atom. The second-order valence-corrected chi connectivity index (χ2v) is 6.20. The van der Waals surface area contributed by atoms with Crippen molar-refractivity contribution in [2.75, 3.05) is 32.7 Å². The van der Waals surface area contributed by atoms with E-state index in [2.05, 4.69) is 26.1 Å². The van der Waals surface area contributed by atoms with Crippen molar-refractivity contribution >= 4 is 6.03 Å². The first-order chi connectivity index (χ1) is 8.58. The highest BCUT2D eigenvalue weighted by Gasteiger charge is 2.29. The second kappa shape index (κ2) is 5.91. The van der Waals surface area contributed by atoms with Crippen LogP contribution in [0.4, 0.5) is 4.79 Å². The van der Waals surface area contributed by atoms with Gasteiger partial charge in [0.2, 0.25) is 0 Å². The summed E-state index contributed by atoms with van der Waals surface area (Å²) >= 11 is 0. The Morgan fingerprint density at radius 2 is 1.83 bits per heavy atom. The molecule has 0 aromatic carbocycles. The fourth-order valence-electron chi connectivity index (χ4n) is 2.80. The Kier molecular flexibility index (Phi) is 4.49. The molecule has 2 amide bonds. The van der Waals surface area contributed by atoms with E-state index in [1.165, 1.54) is 0 Å². The zero-order chi connectivity index (χ0) is 13.1. The molecule has 2 rings (SSSR count). The van der Waals surface area contributed by atoms with Crippen molar-refractivity contribution in [2.24, 2.45) is 11.8 Å². The van der Waals surface area contributed by atoms with Crippen LogP contribution in [0.5, 0.6) is 0 Å². The van der Waals surface area contributed by atoms with Crippen LogP contribution >= 0.6 is 0 Å². The first-order valence-corrected chi connectivity index (χ1v) is 7.35. The van der Waals surface area contributed by atoms with Crippen molar-refractivity contribution in [3.63, 3.8) is 0 Å². The average molecular weight is 253 g/mol. The smallest absolute Gasteiger partial charge is 0.320 e. The molecule has 2 aliphatic heterocycles. The lowest BCUT2D eigenvalue weighted by atomic mass is 9.99. The number of carbonyl (C=O) groups excluding carboxylic acids is 1. The van der Waals surface area contributed by atoms with Crippen molar-refractivity contribution in [1.29, 1.82) is 0 Å². The lowest BCUT2D eigenvalue weighted by Gasteiger charge is -2.40. The molecular weight excluding hydrogens is 226 g/mol. The molecule has 1 N–H and O–H groups in total. The van der Waals surface area contributed by atoms with E-state index in [9.17, 15) is 4.79 Å². The Bertz CT molecular complexity index is 285. The molecule has 18 heavy (non-hydrogen) atoms. The number of amides is 2. The summed E-state index contributed by atoms with van der Waals surface area (Å²) in [6.45, 7) is 11.2. The van der Waals surface area contributed by atoms with Crippen LogP contribution < -0.4 is 5.32 Å². The van der Waals surface area contributed by atoms with E-state index >= 15 is 0 Å². The van der Waals surface area contributed by atoms with E-state index in [-0.39, 0.29) is 6.03 Å². The largest absolute Gasteiger partial charge is 0.325 e. The van der Waals surface area contributed by atoms with Gasteiger partial charge in [-0.25, -0.2) is 4.79 Å². The normalized spacial score (nSPS) is 26.8. The summed E-state index contributed by atoms with van der Waals surface area (Å²) in [5.74, 6) is 1.36. The SMILES string of the molecule is CC1CCN(C(=O)N2CCNC(C(C)C)C2)CC1. The predicted octanol–water partition coefficient (Wildman–Crippen LogP) is 1.77. The number of hydrogen-bond acceptors (Lipinski definition) is 2. The van der Waals surface area contributed by atoms with Gasteiger partial charge < -0.3 is 15.1 Å². The molecule has 0 radical (unpaired) electrons. The highest BCUT2D eigenvalue weighted by molar-refractivity contribution is 5.74. The molecule has 1 atom stereocenters. The lowest BCUT2D eigenvalue weighted by molar-refractivity contribution is 0.116. The van der Waals surface area contributed by atoms with Gasteiger partial charge >= 0.3 is 6.03 Å². The minimum atomic E-state index is 0.258. The van der Waals surface area contributed by atoms with Gasteiger partial charge in [-0.3, -0.25) is 0 Å². The summed E-state index contributed by atoms with van der Waals surface area (Å²) in [6.07, 6.45) is 2.32. The topological polar surface area (TPSA) is 35.6 Å². The van der Waals surface area contributed by atoms with Crippen molar-refractivity contribution in [1.82, 2.24) is 15.1 Å². The van der Waals surface area contributed by atoms with Gasteiger partial charge in [-0.1, -0.05) is 20.8 Å². The van der Waals surface area contributed by atoms with Gasteiger partial charge in [-0.05, 0) is 24.7 Å². The molecule has 1 unspecified atom stereocenters. The minimum Gasteiger partial charge on any atom is -0.325 e. The van der Waals surface area contributed by atoms with Gasteiger partial charge in [0.15, 0.2) is 0 Å². The molecule has 0 bridgehead atoms. The third kappa shape index (κ3) is 3.16. The second-order valence-electron chi connectivity index (χ2n) is 6.20. The highest BCUT2D eigenvalue weighted by Crippen LogP contribution is 2.18. The molecular formula is C14H27N3O. The predicted molar refractivity (Wildman–Crippen MR) is 73.6 cm³/mol. The number of urea groups is 1. The summed E-state index contributed by atoms with van der Waals surface area (Å²) < 4.78 is 0. The van der Waals surface area contributed by atoms with Gasteiger partial charge in [-0.2, -0.15) is 0 Å². The van der Waals surface area contributed by atoms with Gasteiger partial charge in [0.1, 0.15) is 0 Å². The van der Waals surface area contributed by atoms with Crippen LogP contribution in [0.3, 0.4) is 0 Å². The zero-order valence-corrected chi connectivity index (χ0v) is 12.0. The summed E-state index contributed by atoms with van der Waals surface area (Å²) in [7, 11) is 0. The summed E-state index contributed by atoms with van der Waals surface area (Å²) in [6, 6.07) is 0.709. The molecule has 104 valence electrons. The molecule has 2 heterocycles. The van der Waals surface area contributed by atoms with Gasteiger partial charge in [0, 0.05) is 38.8 Å². The Labute approximate surface area is 111 Å². The number of piperazine rings is 1.